The summed E-state index contributed by atoms with van der Waals surface area (Å²) in [6, 6.07) is -0.646. The third kappa shape index (κ3) is 5.25. The molecule has 1 aromatic carbocycles. The maximum atomic E-state index is 13.7. The maximum Gasteiger partial charge on any atom is 0.408 e. The van der Waals surface area contributed by atoms with Gasteiger partial charge in [0.05, 0.1) is 0 Å². The van der Waals surface area contributed by atoms with Gasteiger partial charge in [-0.3, -0.25) is 0 Å². The summed E-state index contributed by atoms with van der Waals surface area (Å²) in [5, 5.41) is 11.2. The lowest BCUT2D eigenvalue weighted by Crippen LogP contribution is -2.46. The zero-order chi connectivity index (χ0) is 18.7. The molecule has 0 spiro atoms. The first-order valence-corrected chi connectivity index (χ1v) is 7.01. The van der Waals surface area contributed by atoms with Crippen LogP contribution in [0.25, 0.3) is 0 Å². The third-order valence-corrected chi connectivity index (χ3v) is 2.84. The van der Waals surface area contributed by atoms with E-state index in [2.05, 4.69) is 5.32 Å². The van der Waals surface area contributed by atoms with Crippen molar-refractivity contribution >= 4 is 17.7 Å². The summed E-state index contributed by atoms with van der Waals surface area (Å²) in [6.07, 6.45) is -0.965. The number of carbonyl (C=O) groups is 2. The summed E-state index contributed by atoms with van der Waals surface area (Å²) in [5.41, 5.74) is 3.93. The van der Waals surface area contributed by atoms with Crippen molar-refractivity contribution in [3.8, 4) is 5.75 Å². The second kappa shape index (κ2) is 7.33. The van der Waals surface area contributed by atoms with Gasteiger partial charge in [-0.15, -0.1) is 0 Å². The normalized spacial score (nSPS) is 12.4. The number of hydrogen-bond acceptors (Lipinski definition) is 5. The molecule has 1 rings (SSSR count). The van der Waals surface area contributed by atoms with Gasteiger partial charge in [-0.2, -0.15) is 0 Å². The standard InChI is InChI=1S/C15H20F2N2O5/c1-7-8(16)5-10(12(18)11(7)17)23-6-9(13(20)21)19-14(22)24-15(2,3)4/h5,9H,6,18H2,1-4H3,(H,19,22)(H,20,21)/t9-/m0/s1. The maximum absolute atomic E-state index is 13.7. The van der Waals surface area contributed by atoms with E-state index < -0.39 is 47.6 Å². The number of anilines is 1. The SMILES string of the molecule is Cc1c(F)cc(OC[C@H](NC(=O)OC(C)(C)C)C(=O)O)c(N)c1F. The van der Waals surface area contributed by atoms with Crippen molar-refractivity contribution in [2.75, 3.05) is 12.3 Å². The molecule has 0 aliphatic carbocycles. The first kappa shape index (κ1) is 19.5. The average molecular weight is 346 g/mol. The van der Waals surface area contributed by atoms with E-state index in [4.69, 9.17) is 20.3 Å². The minimum Gasteiger partial charge on any atom is -0.488 e. The quantitative estimate of drug-likeness (QED) is 0.705. The number of ether oxygens (including phenoxy) is 2. The lowest BCUT2D eigenvalue weighted by atomic mass is 10.2. The van der Waals surface area contributed by atoms with Crippen LogP contribution in [0.15, 0.2) is 6.07 Å². The molecule has 0 saturated heterocycles. The van der Waals surface area contributed by atoms with Crippen LogP contribution in [0.1, 0.15) is 26.3 Å². The van der Waals surface area contributed by atoms with Gasteiger partial charge in [0.25, 0.3) is 0 Å². The van der Waals surface area contributed by atoms with Gasteiger partial charge in [-0.1, -0.05) is 0 Å². The zero-order valence-electron chi connectivity index (χ0n) is 13.8. The molecule has 0 radical (unpaired) electrons. The van der Waals surface area contributed by atoms with Crippen LogP contribution in [0.5, 0.6) is 5.75 Å². The van der Waals surface area contributed by atoms with Crippen LogP contribution in [0, 0.1) is 18.6 Å². The van der Waals surface area contributed by atoms with E-state index in [1.807, 2.05) is 0 Å². The number of nitrogen functional groups attached to an aromatic ring is 1. The highest BCUT2D eigenvalue weighted by Crippen LogP contribution is 2.29. The molecule has 0 fully saturated rings. The Morgan fingerprint density at radius 2 is 1.96 bits per heavy atom. The molecule has 0 aliphatic heterocycles. The topological polar surface area (TPSA) is 111 Å². The number of benzene rings is 1. The summed E-state index contributed by atoms with van der Waals surface area (Å²) in [6.45, 7) is 5.43. The number of nitrogens with one attached hydrogen (secondary N) is 1. The van der Waals surface area contributed by atoms with Crippen molar-refractivity contribution in [3.05, 3.63) is 23.3 Å². The van der Waals surface area contributed by atoms with Crippen molar-refractivity contribution in [3.63, 3.8) is 0 Å². The van der Waals surface area contributed by atoms with E-state index in [1.54, 1.807) is 20.8 Å². The number of amides is 1. The number of carbonyl (C=O) groups excluding carboxylic acids is 1. The summed E-state index contributed by atoms with van der Waals surface area (Å²) in [7, 11) is 0. The Morgan fingerprint density at radius 1 is 1.38 bits per heavy atom. The molecular weight excluding hydrogens is 326 g/mol. The first-order chi connectivity index (χ1) is 10.9. The van der Waals surface area contributed by atoms with Crippen LogP contribution < -0.4 is 15.8 Å². The van der Waals surface area contributed by atoms with Crippen LogP contribution in [-0.2, 0) is 9.53 Å². The Labute approximate surface area is 137 Å². The monoisotopic (exact) mass is 346 g/mol. The van der Waals surface area contributed by atoms with Gasteiger partial charge in [0.2, 0.25) is 0 Å². The van der Waals surface area contributed by atoms with Crippen molar-refractivity contribution in [2.24, 2.45) is 0 Å². The summed E-state index contributed by atoms with van der Waals surface area (Å²) >= 11 is 0. The minimum absolute atomic E-state index is 0.276. The van der Waals surface area contributed by atoms with E-state index in [0.29, 0.717) is 0 Å². The van der Waals surface area contributed by atoms with Crippen LogP contribution >= 0.6 is 0 Å². The van der Waals surface area contributed by atoms with E-state index in [9.17, 15) is 18.4 Å². The number of rotatable bonds is 5. The van der Waals surface area contributed by atoms with E-state index in [-0.39, 0.29) is 11.3 Å². The number of nitrogens with two attached hydrogens (primary N) is 1. The summed E-state index contributed by atoms with van der Waals surface area (Å²) in [4.78, 5) is 22.8. The molecule has 9 heteroatoms. The first-order valence-electron chi connectivity index (χ1n) is 7.01. The van der Waals surface area contributed by atoms with Gasteiger partial charge in [0.1, 0.15) is 29.5 Å². The lowest BCUT2D eigenvalue weighted by molar-refractivity contribution is -0.140. The summed E-state index contributed by atoms with van der Waals surface area (Å²) < 4.78 is 37.2. The molecule has 0 heterocycles. The zero-order valence-corrected chi connectivity index (χ0v) is 13.8. The lowest BCUT2D eigenvalue weighted by Gasteiger charge is -2.22. The van der Waals surface area contributed by atoms with E-state index in [1.165, 1.54) is 6.92 Å². The average Bonchev–Trinajstić information content (AvgIpc) is 2.43. The van der Waals surface area contributed by atoms with Gasteiger partial charge in [0.15, 0.2) is 11.9 Å². The molecule has 0 unspecified atom stereocenters. The van der Waals surface area contributed by atoms with Crippen LogP contribution in [0.3, 0.4) is 0 Å². The number of alkyl carbamates (subject to hydrolysis) is 1. The van der Waals surface area contributed by atoms with Crippen molar-refractivity contribution in [1.82, 2.24) is 5.32 Å². The molecule has 0 bridgehead atoms. The molecule has 24 heavy (non-hydrogen) atoms. The minimum atomic E-state index is -1.49. The number of halogens is 2. The van der Waals surface area contributed by atoms with Gasteiger partial charge in [-0.25, -0.2) is 18.4 Å². The fourth-order valence-corrected chi connectivity index (χ4v) is 1.63. The molecule has 1 amide bonds. The van der Waals surface area contributed by atoms with Gasteiger partial charge < -0.3 is 25.6 Å². The fraction of sp³-hybridized carbons (Fsp3) is 0.467. The number of carboxylic acid groups (broad SMARTS) is 1. The Bertz CT molecular complexity index is 644. The number of aliphatic carboxylic acids is 1. The van der Waals surface area contributed by atoms with Gasteiger partial charge in [-0.05, 0) is 27.7 Å². The highest BCUT2D eigenvalue weighted by atomic mass is 19.1. The fourth-order valence-electron chi connectivity index (χ4n) is 1.63. The number of hydrogen-bond donors (Lipinski definition) is 3. The van der Waals surface area contributed by atoms with Crippen LogP contribution in [-0.4, -0.2) is 35.4 Å². The van der Waals surface area contributed by atoms with Gasteiger partial charge in [0, 0.05) is 11.6 Å². The second-order valence-electron chi connectivity index (χ2n) is 6.06. The van der Waals surface area contributed by atoms with Gasteiger partial charge >= 0.3 is 12.1 Å². The van der Waals surface area contributed by atoms with Crippen molar-refractivity contribution in [1.29, 1.82) is 0 Å². The molecule has 1 aromatic rings. The molecule has 0 saturated carbocycles. The predicted octanol–water partition coefficient (Wildman–Crippen LogP) is 2.21. The molecule has 4 N–H and O–H groups in total. The van der Waals surface area contributed by atoms with Crippen molar-refractivity contribution in [2.45, 2.75) is 39.3 Å². The van der Waals surface area contributed by atoms with Crippen molar-refractivity contribution < 1.29 is 33.0 Å². The van der Waals surface area contributed by atoms with E-state index in [0.717, 1.165) is 6.07 Å². The molecule has 7 nitrogen and oxygen atoms in total. The van der Waals surface area contributed by atoms with E-state index >= 15 is 0 Å². The highest BCUT2D eigenvalue weighted by Gasteiger charge is 2.25. The Hall–Kier alpha value is -2.58. The number of carboxylic acids is 1. The Morgan fingerprint density at radius 3 is 2.46 bits per heavy atom. The largest absolute Gasteiger partial charge is 0.488 e. The predicted molar refractivity (Wildman–Crippen MR) is 81.8 cm³/mol. The molecule has 0 aliphatic rings. The molecule has 0 aromatic heterocycles. The highest BCUT2D eigenvalue weighted by molar-refractivity contribution is 5.80. The van der Waals surface area contributed by atoms with Crippen LogP contribution in [0.2, 0.25) is 0 Å². The Kier molecular flexibility index (Phi) is 5.94. The molecule has 134 valence electrons. The van der Waals surface area contributed by atoms with Crippen LogP contribution in [0.4, 0.5) is 19.3 Å². The summed E-state index contributed by atoms with van der Waals surface area (Å²) in [5.74, 6) is -3.64. The molecule has 1 atom stereocenters. The smallest absolute Gasteiger partial charge is 0.408 e. The Balaban J connectivity index is 2.82. The second-order valence-corrected chi connectivity index (χ2v) is 6.06. The molecular formula is C15H20F2N2O5. The third-order valence-electron chi connectivity index (χ3n) is 2.84.